The predicted octanol–water partition coefficient (Wildman–Crippen LogP) is 2.80. The van der Waals surface area contributed by atoms with Gasteiger partial charge in [0.1, 0.15) is 11.9 Å². The number of hydrogen-bond acceptors (Lipinski definition) is 4. The summed E-state index contributed by atoms with van der Waals surface area (Å²) in [5, 5.41) is 9.53. The van der Waals surface area contributed by atoms with E-state index in [0.717, 1.165) is 49.4 Å². The fraction of sp³-hybridized carbons (Fsp3) is 0.632. The van der Waals surface area contributed by atoms with Crippen LogP contribution in [0.3, 0.4) is 0 Å². The molecule has 1 aromatic heterocycles. The fourth-order valence-electron chi connectivity index (χ4n) is 4.21. The number of amides is 1. The molecule has 2 aliphatic heterocycles. The van der Waals surface area contributed by atoms with Crippen molar-refractivity contribution >= 4 is 11.7 Å². The number of anilines is 1. The highest BCUT2D eigenvalue weighted by Gasteiger charge is 2.49. The van der Waals surface area contributed by atoms with Crippen LogP contribution in [0.1, 0.15) is 49.9 Å². The van der Waals surface area contributed by atoms with Gasteiger partial charge < -0.3 is 9.80 Å². The molecule has 1 atom stereocenters. The minimum Gasteiger partial charge on any atom is -0.354 e. The van der Waals surface area contributed by atoms with E-state index in [0.29, 0.717) is 12.1 Å². The molecule has 0 N–H and O–H groups in total. The van der Waals surface area contributed by atoms with Crippen molar-refractivity contribution in [2.75, 3.05) is 24.5 Å². The molecule has 0 radical (unpaired) electrons. The van der Waals surface area contributed by atoms with Crippen LogP contribution >= 0.6 is 0 Å². The van der Waals surface area contributed by atoms with Gasteiger partial charge in [-0.2, -0.15) is 5.26 Å². The molecule has 2 saturated heterocycles. The maximum Gasteiger partial charge on any atom is 0.230 e. The Hall–Kier alpha value is -2.09. The van der Waals surface area contributed by atoms with E-state index in [4.69, 9.17) is 0 Å². The first-order chi connectivity index (χ1) is 11.4. The molecule has 0 aromatic carbocycles. The Morgan fingerprint density at radius 1 is 1.29 bits per heavy atom. The number of nitrogens with zero attached hydrogens (tertiary/aromatic N) is 4. The second kappa shape index (κ2) is 6.08. The van der Waals surface area contributed by atoms with Gasteiger partial charge >= 0.3 is 0 Å². The lowest BCUT2D eigenvalue weighted by atomic mass is 9.78. The van der Waals surface area contributed by atoms with Gasteiger partial charge in [-0.15, -0.1) is 0 Å². The number of hydrogen-bond donors (Lipinski definition) is 0. The van der Waals surface area contributed by atoms with Gasteiger partial charge in [0.15, 0.2) is 0 Å². The van der Waals surface area contributed by atoms with Crippen molar-refractivity contribution in [2.45, 2.75) is 53.0 Å². The maximum absolute atomic E-state index is 13.1. The minimum absolute atomic E-state index is 0.248. The average molecular weight is 326 g/mol. The average Bonchev–Trinajstić information content (AvgIpc) is 2.94. The highest BCUT2D eigenvalue weighted by atomic mass is 16.2. The lowest BCUT2D eigenvalue weighted by Crippen LogP contribution is -2.52. The van der Waals surface area contributed by atoms with Crippen molar-refractivity contribution in [3.63, 3.8) is 0 Å². The quantitative estimate of drug-likeness (QED) is 0.838. The summed E-state index contributed by atoms with van der Waals surface area (Å²) < 4.78 is 0. The van der Waals surface area contributed by atoms with Crippen LogP contribution in [0.15, 0.2) is 6.07 Å². The summed E-state index contributed by atoms with van der Waals surface area (Å²) in [6.07, 6.45) is 2.86. The van der Waals surface area contributed by atoms with Gasteiger partial charge in [-0.25, -0.2) is 4.98 Å². The van der Waals surface area contributed by atoms with Crippen LogP contribution in [0.5, 0.6) is 0 Å². The number of aryl methyl sites for hydroxylation is 2. The summed E-state index contributed by atoms with van der Waals surface area (Å²) in [5.74, 6) is 1.04. The van der Waals surface area contributed by atoms with Gasteiger partial charge in [0.2, 0.25) is 5.91 Å². The number of rotatable bonds is 2. The van der Waals surface area contributed by atoms with Gasteiger partial charge in [0.05, 0.1) is 11.0 Å². The normalized spacial score (nSPS) is 24.1. The first-order valence-corrected chi connectivity index (χ1v) is 8.82. The van der Waals surface area contributed by atoms with Crippen molar-refractivity contribution in [2.24, 2.45) is 5.41 Å². The molecule has 5 heteroatoms. The SMILES string of the molecule is Cc1cc(C)c(C#N)c(N2CC[C@]3(CCCN(C(C)C)C3=O)C2)n1. The zero-order chi connectivity index (χ0) is 17.5. The molecule has 128 valence electrons. The first kappa shape index (κ1) is 16.8. The summed E-state index contributed by atoms with van der Waals surface area (Å²) in [6.45, 7) is 10.4. The van der Waals surface area contributed by atoms with Gasteiger partial charge in [0.25, 0.3) is 0 Å². The number of pyridine rings is 1. The summed E-state index contributed by atoms with van der Waals surface area (Å²) in [4.78, 5) is 21.9. The highest BCUT2D eigenvalue weighted by molar-refractivity contribution is 5.85. The van der Waals surface area contributed by atoms with Crippen LogP contribution in [-0.4, -0.2) is 41.5 Å². The van der Waals surface area contributed by atoms with E-state index in [1.807, 2.05) is 24.8 Å². The van der Waals surface area contributed by atoms with Gasteiger partial charge in [-0.05, 0) is 58.6 Å². The van der Waals surface area contributed by atoms with Crippen molar-refractivity contribution in [1.29, 1.82) is 5.26 Å². The van der Waals surface area contributed by atoms with E-state index < -0.39 is 0 Å². The minimum atomic E-state index is -0.297. The molecule has 3 heterocycles. The molecule has 1 aromatic rings. The second-order valence-electron chi connectivity index (χ2n) is 7.54. The molecule has 0 unspecified atom stereocenters. The third kappa shape index (κ3) is 2.64. The first-order valence-electron chi connectivity index (χ1n) is 8.82. The number of piperidine rings is 1. The van der Waals surface area contributed by atoms with E-state index in [2.05, 4.69) is 29.8 Å². The standard InChI is InChI=1S/C19H26N4O/c1-13(2)23-8-5-6-19(18(23)24)7-9-22(12-19)17-16(11-20)14(3)10-15(4)21-17/h10,13H,5-9,12H2,1-4H3/t19-/m1/s1. The van der Waals surface area contributed by atoms with E-state index in [1.165, 1.54) is 0 Å². The summed E-state index contributed by atoms with van der Waals surface area (Å²) in [7, 11) is 0. The predicted molar refractivity (Wildman–Crippen MR) is 93.8 cm³/mol. The van der Waals surface area contributed by atoms with Crippen molar-refractivity contribution in [1.82, 2.24) is 9.88 Å². The highest BCUT2D eigenvalue weighted by Crippen LogP contribution is 2.42. The summed E-state index contributed by atoms with van der Waals surface area (Å²) in [6, 6.07) is 4.49. The van der Waals surface area contributed by atoms with Gasteiger partial charge in [-0.3, -0.25) is 4.79 Å². The lowest BCUT2D eigenvalue weighted by Gasteiger charge is -2.41. The topological polar surface area (TPSA) is 60.2 Å². The Labute approximate surface area is 144 Å². The fourth-order valence-corrected chi connectivity index (χ4v) is 4.21. The molecule has 3 rings (SSSR count). The van der Waals surface area contributed by atoms with Gasteiger partial charge in [0, 0.05) is 31.4 Å². The van der Waals surface area contributed by atoms with Crippen molar-refractivity contribution < 1.29 is 4.79 Å². The molecule has 0 bridgehead atoms. The number of carbonyl (C=O) groups is 1. The molecule has 24 heavy (non-hydrogen) atoms. The van der Waals surface area contributed by atoms with Crippen LogP contribution in [0.25, 0.3) is 0 Å². The third-order valence-corrected chi connectivity index (χ3v) is 5.48. The summed E-state index contributed by atoms with van der Waals surface area (Å²) >= 11 is 0. The van der Waals surface area contributed by atoms with E-state index >= 15 is 0 Å². The second-order valence-corrected chi connectivity index (χ2v) is 7.54. The zero-order valence-corrected chi connectivity index (χ0v) is 15.1. The number of nitriles is 1. The molecule has 2 aliphatic rings. The third-order valence-electron chi connectivity index (χ3n) is 5.48. The molecule has 0 saturated carbocycles. The smallest absolute Gasteiger partial charge is 0.230 e. The van der Waals surface area contributed by atoms with Crippen LogP contribution < -0.4 is 4.90 Å². The van der Waals surface area contributed by atoms with Crippen LogP contribution in [0.4, 0.5) is 5.82 Å². The van der Waals surface area contributed by atoms with E-state index in [1.54, 1.807) is 0 Å². The number of carbonyl (C=O) groups excluding carboxylic acids is 1. The maximum atomic E-state index is 13.1. The van der Waals surface area contributed by atoms with Gasteiger partial charge in [-0.1, -0.05) is 0 Å². The van der Waals surface area contributed by atoms with E-state index in [-0.39, 0.29) is 17.4 Å². The molecular formula is C19H26N4O. The Morgan fingerprint density at radius 3 is 2.71 bits per heavy atom. The Bertz CT molecular complexity index is 706. The molecule has 1 spiro atoms. The Morgan fingerprint density at radius 2 is 2.04 bits per heavy atom. The van der Waals surface area contributed by atoms with Crippen LogP contribution in [0.2, 0.25) is 0 Å². The summed E-state index contributed by atoms with van der Waals surface area (Å²) in [5.41, 5.74) is 2.22. The van der Waals surface area contributed by atoms with Crippen molar-refractivity contribution in [3.05, 3.63) is 22.9 Å². The van der Waals surface area contributed by atoms with Crippen LogP contribution in [-0.2, 0) is 4.79 Å². The molecule has 2 fully saturated rings. The van der Waals surface area contributed by atoms with Crippen molar-refractivity contribution in [3.8, 4) is 6.07 Å². The molecule has 5 nitrogen and oxygen atoms in total. The molecular weight excluding hydrogens is 300 g/mol. The molecule has 0 aliphatic carbocycles. The number of aromatic nitrogens is 1. The number of likely N-dealkylation sites (tertiary alicyclic amines) is 1. The Kier molecular flexibility index (Phi) is 4.25. The largest absolute Gasteiger partial charge is 0.354 e. The molecule has 1 amide bonds. The Balaban J connectivity index is 1.91. The monoisotopic (exact) mass is 326 g/mol. The van der Waals surface area contributed by atoms with E-state index in [9.17, 15) is 10.1 Å². The lowest BCUT2D eigenvalue weighted by molar-refractivity contribution is -0.147. The van der Waals surface area contributed by atoms with Crippen LogP contribution in [0, 0.1) is 30.6 Å². The zero-order valence-electron chi connectivity index (χ0n) is 15.1.